The quantitative estimate of drug-likeness (QED) is 0.638. The molecule has 1 N–H and O–H groups in total. The highest BCUT2D eigenvalue weighted by Gasteiger charge is 2.67. The first kappa shape index (κ1) is 20.3. The van der Waals surface area contributed by atoms with E-state index in [-0.39, 0.29) is 5.41 Å². The van der Waals surface area contributed by atoms with E-state index in [1.54, 1.807) is 6.20 Å². The number of likely N-dealkylation sites (tertiary alicyclic amines) is 1. The third kappa shape index (κ3) is 4.32. The summed E-state index contributed by atoms with van der Waals surface area (Å²) in [4.78, 5) is 6.77. The lowest BCUT2D eigenvalue weighted by molar-refractivity contribution is 0.0917. The molecule has 0 spiro atoms. The fraction of sp³-hybridized carbons (Fsp3) is 0.500. The molecule has 2 unspecified atom stereocenters. The Bertz CT molecular complexity index is 937. The SMILES string of the molecule is CCC1(c2cccc(NS(C)(=O)=O)c2)C2CN(CCOCc3ccccn3)CC21. The number of sulfonamides is 1. The zero-order valence-corrected chi connectivity index (χ0v) is 17.9. The Kier molecular flexibility index (Phi) is 5.64. The molecule has 1 saturated heterocycles. The Morgan fingerprint density at radius 1 is 1.21 bits per heavy atom. The minimum absolute atomic E-state index is 0.181. The summed E-state index contributed by atoms with van der Waals surface area (Å²) < 4.78 is 31.5. The number of hydrogen-bond donors (Lipinski definition) is 1. The zero-order valence-electron chi connectivity index (χ0n) is 17.0. The van der Waals surface area contributed by atoms with Crippen LogP contribution in [0.5, 0.6) is 0 Å². The average molecular weight is 416 g/mol. The smallest absolute Gasteiger partial charge is 0.229 e. The van der Waals surface area contributed by atoms with Crippen LogP contribution in [0.3, 0.4) is 0 Å². The maximum absolute atomic E-state index is 11.6. The molecule has 0 radical (unpaired) electrons. The van der Waals surface area contributed by atoms with Gasteiger partial charge < -0.3 is 9.64 Å². The van der Waals surface area contributed by atoms with Crippen molar-refractivity contribution in [1.82, 2.24) is 9.88 Å². The number of ether oxygens (including phenoxy) is 1. The van der Waals surface area contributed by atoms with Gasteiger partial charge in [0.05, 0.1) is 25.2 Å². The molecule has 2 atom stereocenters. The number of aromatic nitrogens is 1. The number of pyridine rings is 1. The van der Waals surface area contributed by atoms with Gasteiger partial charge in [-0.3, -0.25) is 9.71 Å². The van der Waals surface area contributed by atoms with E-state index in [9.17, 15) is 8.42 Å². The van der Waals surface area contributed by atoms with Gasteiger partial charge in [0.15, 0.2) is 0 Å². The van der Waals surface area contributed by atoms with Crippen molar-refractivity contribution >= 4 is 15.7 Å². The summed E-state index contributed by atoms with van der Waals surface area (Å²) in [6, 6.07) is 13.8. The van der Waals surface area contributed by atoms with Crippen molar-refractivity contribution in [2.45, 2.75) is 25.4 Å². The van der Waals surface area contributed by atoms with Gasteiger partial charge in [0.1, 0.15) is 0 Å². The van der Waals surface area contributed by atoms with Crippen molar-refractivity contribution in [1.29, 1.82) is 0 Å². The molecule has 2 fully saturated rings. The van der Waals surface area contributed by atoms with Gasteiger partial charge in [-0.15, -0.1) is 0 Å². The highest BCUT2D eigenvalue weighted by molar-refractivity contribution is 7.92. The first-order valence-corrected chi connectivity index (χ1v) is 12.1. The summed E-state index contributed by atoms with van der Waals surface area (Å²) in [6.07, 6.45) is 4.06. The molecule has 4 rings (SSSR count). The van der Waals surface area contributed by atoms with Crippen LogP contribution in [0.25, 0.3) is 0 Å². The summed E-state index contributed by atoms with van der Waals surface area (Å²) in [7, 11) is -3.26. The van der Waals surface area contributed by atoms with E-state index >= 15 is 0 Å². The van der Waals surface area contributed by atoms with E-state index in [2.05, 4.69) is 27.6 Å². The van der Waals surface area contributed by atoms with Crippen molar-refractivity contribution < 1.29 is 13.2 Å². The van der Waals surface area contributed by atoms with Crippen molar-refractivity contribution in [3.63, 3.8) is 0 Å². The van der Waals surface area contributed by atoms with Crippen molar-refractivity contribution in [2.75, 3.05) is 37.2 Å². The molecular weight excluding hydrogens is 386 g/mol. The molecule has 0 bridgehead atoms. The second kappa shape index (κ2) is 8.05. The van der Waals surface area contributed by atoms with Crippen LogP contribution in [0.15, 0.2) is 48.7 Å². The predicted molar refractivity (Wildman–Crippen MR) is 114 cm³/mol. The van der Waals surface area contributed by atoms with E-state index in [1.807, 2.05) is 36.4 Å². The number of fused-ring (bicyclic) bond motifs is 1. The average Bonchev–Trinajstić information content (AvgIpc) is 3.07. The second-order valence-electron chi connectivity index (χ2n) is 8.20. The largest absolute Gasteiger partial charge is 0.374 e. The van der Waals surface area contributed by atoms with Gasteiger partial charge >= 0.3 is 0 Å². The van der Waals surface area contributed by atoms with Crippen LogP contribution in [0.1, 0.15) is 24.6 Å². The summed E-state index contributed by atoms with van der Waals surface area (Å²) >= 11 is 0. The summed E-state index contributed by atoms with van der Waals surface area (Å²) in [5, 5.41) is 0. The van der Waals surface area contributed by atoms with Gasteiger partial charge in [-0.2, -0.15) is 0 Å². The number of rotatable bonds is 9. The number of nitrogens with zero attached hydrogens (tertiary/aromatic N) is 2. The second-order valence-corrected chi connectivity index (χ2v) is 9.94. The van der Waals surface area contributed by atoms with Crippen LogP contribution in [-0.2, 0) is 26.8 Å². The molecule has 2 heterocycles. The molecule has 1 aliphatic heterocycles. The first-order chi connectivity index (χ1) is 13.9. The van der Waals surface area contributed by atoms with E-state index in [0.717, 1.165) is 31.7 Å². The van der Waals surface area contributed by atoms with Crippen LogP contribution in [0.2, 0.25) is 0 Å². The molecule has 2 aromatic rings. The monoisotopic (exact) mass is 415 g/mol. The number of benzene rings is 1. The lowest BCUT2D eigenvalue weighted by atomic mass is 9.87. The number of hydrogen-bond acceptors (Lipinski definition) is 5. The Morgan fingerprint density at radius 3 is 2.66 bits per heavy atom. The standard InChI is InChI=1S/C22H29N3O3S/c1-3-22(17-7-6-9-18(13-17)24-29(2,26)27)20-14-25(15-21(20)22)11-12-28-16-19-8-4-5-10-23-19/h4-10,13,20-21,24H,3,11-12,14-16H2,1-2H3. The van der Waals surface area contributed by atoms with E-state index in [0.29, 0.717) is 30.7 Å². The summed E-state index contributed by atoms with van der Waals surface area (Å²) in [5.74, 6) is 1.27. The van der Waals surface area contributed by atoms with Crippen molar-refractivity contribution in [3.8, 4) is 0 Å². The van der Waals surface area contributed by atoms with Crippen LogP contribution < -0.4 is 4.72 Å². The van der Waals surface area contributed by atoms with E-state index in [1.165, 1.54) is 11.8 Å². The molecule has 1 aromatic carbocycles. The summed E-state index contributed by atoms with van der Waals surface area (Å²) in [5.41, 5.74) is 3.06. The topological polar surface area (TPSA) is 71.5 Å². The molecule has 156 valence electrons. The van der Waals surface area contributed by atoms with Crippen LogP contribution in [-0.4, -0.2) is 50.8 Å². The normalized spacial score (nSPS) is 26.3. The fourth-order valence-electron chi connectivity index (χ4n) is 5.10. The van der Waals surface area contributed by atoms with Crippen LogP contribution in [0.4, 0.5) is 5.69 Å². The highest BCUT2D eigenvalue weighted by Crippen LogP contribution is 2.65. The van der Waals surface area contributed by atoms with Gasteiger partial charge in [0.2, 0.25) is 10.0 Å². The van der Waals surface area contributed by atoms with Crippen LogP contribution in [0, 0.1) is 11.8 Å². The highest BCUT2D eigenvalue weighted by atomic mass is 32.2. The summed E-state index contributed by atoms with van der Waals surface area (Å²) in [6.45, 7) is 6.61. The lowest BCUT2D eigenvalue weighted by Crippen LogP contribution is -2.32. The molecule has 1 aromatic heterocycles. The fourth-order valence-corrected chi connectivity index (χ4v) is 5.65. The minimum atomic E-state index is -3.26. The van der Waals surface area contributed by atoms with Crippen molar-refractivity contribution in [2.24, 2.45) is 11.8 Å². The predicted octanol–water partition coefficient (Wildman–Crippen LogP) is 2.88. The Balaban J connectivity index is 1.31. The number of piperidine rings is 1. The third-order valence-electron chi connectivity index (χ3n) is 6.43. The van der Waals surface area contributed by atoms with Gasteiger partial charge in [0.25, 0.3) is 0 Å². The molecule has 2 aliphatic rings. The number of anilines is 1. The van der Waals surface area contributed by atoms with Crippen LogP contribution >= 0.6 is 0 Å². The first-order valence-electron chi connectivity index (χ1n) is 10.2. The van der Waals surface area contributed by atoms with Gasteiger partial charge in [-0.05, 0) is 48.1 Å². The van der Waals surface area contributed by atoms with E-state index in [4.69, 9.17) is 4.74 Å². The molecule has 29 heavy (non-hydrogen) atoms. The molecule has 0 amide bonds. The Morgan fingerprint density at radius 2 is 2.00 bits per heavy atom. The van der Waals surface area contributed by atoms with Gasteiger partial charge in [-0.25, -0.2) is 8.42 Å². The molecule has 1 saturated carbocycles. The third-order valence-corrected chi connectivity index (χ3v) is 7.03. The molecule has 1 aliphatic carbocycles. The lowest BCUT2D eigenvalue weighted by Gasteiger charge is -2.26. The maximum atomic E-state index is 11.6. The Labute approximate surface area is 173 Å². The van der Waals surface area contributed by atoms with Gasteiger partial charge in [0, 0.05) is 36.9 Å². The maximum Gasteiger partial charge on any atom is 0.229 e. The molecule has 6 nitrogen and oxygen atoms in total. The Hall–Kier alpha value is -1.96. The molecular formula is C22H29N3O3S. The minimum Gasteiger partial charge on any atom is -0.374 e. The van der Waals surface area contributed by atoms with Gasteiger partial charge in [-0.1, -0.05) is 25.1 Å². The van der Waals surface area contributed by atoms with E-state index < -0.39 is 10.0 Å². The number of nitrogens with one attached hydrogen (secondary N) is 1. The zero-order chi connectivity index (χ0) is 20.5. The molecule has 7 heteroatoms. The van der Waals surface area contributed by atoms with Crippen molar-refractivity contribution in [3.05, 3.63) is 59.9 Å².